The Balaban J connectivity index is 1.90. The van der Waals surface area contributed by atoms with Gasteiger partial charge in [-0.25, -0.2) is 0 Å². The molecule has 0 saturated heterocycles. The Bertz CT molecular complexity index is 802. The second kappa shape index (κ2) is 8.13. The van der Waals surface area contributed by atoms with Crippen LogP contribution in [-0.2, 0) is 4.79 Å². The van der Waals surface area contributed by atoms with E-state index in [4.69, 9.17) is 10.00 Å². The van der Waals surface area contributed by atoms with Crippen LogP contribution in [0.1, 0.15) is 22.8 Å². The van der Waals surface area contributed by atoms with Crippen LogP contribution in [-0.4, -0.2) is 17.9 Å². The molecule has 0 spiro atoms. The smallest absolute Gasteiger partial charge is 0.279 e. The molecule has 0 aliphatic carbocycles. The molecule has 0 radical (unpaired) electrons. The number of nitriles is 1. The van der Waals surface area contributed by atoms with Crippen molar-refractivity contribution in [3.63, 3.8) is 0 Å². The molecule has 0 bridgehead atoms. The van der Waals surface area contributed by atoms with Gasteiger partial charge >= 0.3 is 0 Å². The number of ether oxygens (including phenoxy) is 1. The summed E-state index contributed by atoms with van der Waals surface area (Å²) in [6.45, 7) is 1.57. The zero-order valence-electron chi connectivity index (χ0n) is 12.7. The minimum absolute atomic E-state index is 0.273. The molecule has 0 aliphatic heterocycles. The van der Waals surface area contributed by atoms with E-state index in [2.05, 4.69) is 26.8 Å². The van der Waals surface area contributed by atoms with E-state index in [1.807, 2.05) is 12.1 Å². The lowest BCUT2D eigenvalue weighted by Crippen LogP contribution is -2.47. The van der Waals surface area contributed by atoms with Gasteiger partial charge in [0, 0.05) is 10.0 Å². The third-order valence-electron chi connectivity index (χ3n) is 3.03. The fourth-order valence-electron chi connectivity index (χ4n) is 1.82. The van der Waals surface area contributed by atoms with Crippen LogP contribution in [0.25, 0.3) is 0 Å². The number of amides is 2. The Labute approximate surface area is 147 Å². The van der Waals surface area contributed by atoms with Crippen LogP contribution in [0.2, 0.25) is 0 Å². The fraction of sp³-hybridized carbons (Fsp3) is 0.118. The van der Waals surface area contributed by atoms with E-state index in [0.717, 1.165) is 4.47 Å². The van der Waals surface area contributed by atoms with Gasteiger partial charge in [0.15, 0.2) is 6.10 Å². The molecule has 2 aromatic rings. The number of hydrogen-bond donors (Lipinski definition) is 2. The highest BCUT2D eigenvalue weighted by molar-refractivity contribution is 9.10. The summed E-state index contributed by atoms with van der Waals surface area (Å²) < 4.78 is 6.33. The van der Waals surface area contributed by atoms with E-state index < -0.39 is 17.9 Å². The second-order valence-corrected chi connectivity index (χ2v) is 5.77. The normalized spacial score (nSPS) is 11.0. The average molecular weight is 388 g/mol. The summed E-state index contributed by atoms with van der Waals surface area (Å²) in [5.74, 6) is -0.491. The van der Waals surface area contributed by atoms with E-state index >= 15 is 0 Å². The summed E-state index contributed by atoms with van der Waals surface area (Å²) in [5.41, 5.74) is 5.22. The van der Waals surface area contributed by atoms with E-state index in [9.17, 15) is 9.59 Å². The number of nitrogens with zero attached hydrogens (tertiary/aromatic N) is 1. The minimum atomic E-state index is -0.801. The van der Waals surface area contributed by atoms with Gasteiger partial charge in [0.2, 0.25) is 0 Å². The zero-order valence-corrected chi connectivity index (χ0v) is 14.3. The molecule has 2 N–H and O–H groups in total. The highest BCUT2D eigenvalue weighted by atomic mass is 79.9. The van der Waals surface area contributed by atoms with E-state index in [1.165, 1.54) is 6.07 Å². The van der Waals surface area contributed by atoms with E-state index in [0.29, 0.717) is 11.3 Å². The highest BCUT2D eigenvalue weighted by Gasteiger charge is 2.16. The third kappa shape index (κ3) is 4.83. The van der Waals surface area contributed by atoms with Gasteiger partial charge in [0.25, 0.3) is 11.8 Å². The topological polar surface area (TPSA) is 91.2 Å². The van der Waals surface area contributed by atoms with Gasteiger partial charge in [-0.1, -0.05) is 28.1 Å². The molecule has 1 atom stereocenters. The Hall–Kier alpha value is -2.85. The van der Waals surface area contributed by atoms with E-state index in [1.54, 1.807) is 43.3 Å². The third-order valence-corrected chi connectivity index (χ3v) is 3.52. The van der Waals surface area contributed by atoms with Crippen LogP contribution in [0.3, 0.4) is 0 Å². The molecule has 6 nitrogen and oxygen atoms in total. The Kier molecular flexibility index (Phi) is 5.93. The maximum absolute atomic E-state index is 12.0. The van der Waals surface area contributed by atoms with Gasteiger partial charge in [-0.15, -0.1) is 0 Å². The maximum Gasteiger partial charge on any atom is 0.279 e. The van der Waals surface area contributed by atoms with Gasteiger partial charge in [-0.2, -0.15) is 5.26 Å². The lowest BCUT2D eigenvalue weighted by molar-refractivity contribution is -0.128. The highest BCUT2D eigenvalue weighted by Crippen LogP contribution is 2.18. The molecule has 24 heavy (non-hydrogen) atoms. The quantitative estimate of drug-likeness (QED) is 0.788. The standard InChI is InChI=1S/C17H14BrN3O3/c1-11(24-15-7-3-6-14(18)9-15)16(22)20-21-17(23)13-5-2-4-12(8-13)10-19/h2-9,11H,1H3,(H,20,22)(H,21,23)/t11-/m1/s1. The van der Waals surface area contributed by atoms with Crippen LogP contribution in [0.5, 0.6) is 5.75 Å². The van der Waals surface area contributed by atoms with Crippen molar-refractivity contribution < 1.29 is 14.3 Å². The number of carbonyl (C=O) groups is 2. The number of benzene rings is 2. The molecule has 0 aromatic heterocycles. The first-order chi connectivity index (χ1) is 11.5. The largest absolute Gasteiger partial charge is 0.481 e. The zero-order chi connectivity index (χ0) is 17.5. The van der Waals surface area contributed by atoms with Crippen LogP contribution in [0, 0.1) is 11.3 Å². The Morgan fingerprint density at radius 1 is 1.17 bits per heavy atom. The first-order valence-electron chi connectivity index (χ1n) is 7.02. The Morgan fingerprint density at radius 3 is 2.62 bits per heavy atom. The summed E-state index contributed by atoms with van der Waals surface area (Å²) in [6, 6.07) is 15.2. The predicted molar refractivity (Wildman–Crippen MR) is 91.0 cm³/mol. The molecule has 0 aliphatic rings. The first-order valence-corrected chi connectivity index (χ1v) is 7.81. The molecule has 7 heteroatoms. The van der Waals surface area contributed by atoms with Crippen LogP contribution in [0.15, 0.2) is 53.0 Å². The molecule has 0 unspecified atom stereocenters. The number of rotatable bonds is 4. The monoisotopic (exact) mass is 387 g/mol. The molecule has 0 heterocycles. The minimum Gasteiger partial charge on any atom is -0.481 e. The maximum atomic E-state index is 12.0. The Morgan fingerprint density at radius 2 is 1.92 bits per heavy atom. The van der Waals surface area contributed by atoms with Crippen LogP contribution >= 0.6 is 15.9 Å². The molecule has 2 aromatic carbocycles. The summed E-state index contributed by atoms with van der Waals surface area (Å²) in [5, 5.41) is 8.82. The van der Waals surface area contributed by atoms with Crippen molar-refractivity contribution in [3.05, 3.63) is 64.1 Å². The van der Waals surface area contributed by atoms with Gasteiger partial charge in [-0.3, -0.25) is 20.4 Å². The number of halogens is 1. The van der Waals surface area contributed by atoms with Gasteiger partial charge in [-0.05, 0) is 43.3 Å². The van der Waals surface area contributed by atoms with Crippen LogP contribution < -0.4 is 15.6 Å². The molecule has 122 valence electrons. The SMILES string of the molecule is C[C@@H](Oc1cccc(Br)c1)C(=O)NNC(=O)c1cccc(C#N)c1. The van der Waals surface area contributed by atoms with Crippen molar-refractivity contribution in [1.82, 2.24) is 10.9 Å². The molecular weight excluding hydrogens is 374 g/mol. The molecule has 2 amide bonds. The summed E-state index contributed by atoms with van der Waals surface area (Å²) in [6.07, 6.45) is -0.801. The van der Waals surface area contributed by atoms with Gasteiger partial charge < -0.3 is 4.74 Å². The molecule has 0 fully saturated rings. The molecule has 2 rings (SSSR count). The summed E-state index contributed by atoms with van der Waals surface area (Å²) in [7, 11) is 0. The van der Waals surface area contributed by atoms with Crippen LogP contribution in [0.4, 0.5) is 0 Å². The van der Waals surface area contributed by atoms with Crippen molar-refractivity contribution in [3.8, 4) is 11.8 Å². The van der Waals surface area contributed by atoms with Crippen molar-refractivity contribution in [2.45, 2.75) is 13.0 Å². The number of carbonyl (C=O) groups excluding carboxylic acids is 2. The number of nitrogens with one attached hydrogen (secondary N) is 2. The van der Waals surface area contributed by atoms with Crippen molar-refractivity contribution in [1.29, 1.82) is 5.26 Å². The fourth-order valence-corrected chi connectivity index (χ4v) is 2.20. The average Bonchev–Trinajstić information content (AvgIpc) is 2.59. The summed E-state index contributed by atoms with van der Waals surface area (Å²) >= 11 is 3.32. The first kappa shape index (κ1) is 17.5. The molecule has 0 saturated carbocycles. The number of hydrazine groups is 1. The van der Waals surface area contributed by atoms with Gasteiger partial charge in [0.05, 0.1) is 11.6 Å². The van der Waals surface area contributed by atoms with Crippen molar-refractivity contribution in [2.75, 3.05) is 0 Å². The lowest BCUT2D eigenvalue weighted by atomic mass is 10.1. The number of hydrogen-bond acceptors (Lipinski definition) is 4. The van der Waals surface area contributed by atoms with Crippen molar-refractivity contribution in [2.24, 2.45) is 0 Å². The van der Waals surface area contributed by atoms with Gasteiger partial charge in [0.1, 0.15) is 5.75 Å². The van der Waals surface area contributed by atoms with E-state index in [-0.39, 0.29) is 5.56 Å². The van der Waals surface area contributed by atoms with Crippen molar-refractivity contribution >= 4 is 27.7 Å². The lowest BCUT2D eigenvalue weighted by Gasteiger charge is -2.15. The predicted octanol–water partition coefficient (Wildman–Crippen LogP) is 2.55. The molecular formula is C17H14BrN3O3. The summed E-state index contributed by atoms with van der Waals surface area (Å²) in [4.78, 5) is 23.9. The second-order valence-electron chi connectivity index (χ2n) is 4.85.